The predicted octanol–water partition coefficient (Wildman–Crippen LogP) is 3.17. The molecule has 108 valence electrons. The summed E-state index contributed by atoms with van der Waals surface area (Å²) >= 11 is 1.48. The number of nitrogens with one attached hydrogen (secondary N) is 1. The number of halogens is 1. The number of carbonyl (C=O) groups is 2. The molecule has 2 aromatic rings. The zero-order chi connectivity index (χ0) is 15.2. The van der Waals surface area contributed by atoms with Crippen molar-refractivity contribution >= 4 is 35.0 Å². The molecule has 6 heteroatoms. The van der Waals surface area contributed by atoms with Crippen molar-refractivity contribution < 1.29 is 19.1 Å². The minimum absolute atomic E-state index is 0.147. The number of amides is 1. The number of aliphatic carboxylic acids is 1. The molecule has 0 radical (unpaired) electrons. The molecular weight excluding hydrogens is 293 g/mol. The summed E-state index contributed by atoms with van der Waals surface area (Å²) in [6.45, 7) is 0. The van der Waals surface area contributed by atoms with Gasteiger partial charge in [0.2, 0.25) is 5.91 Å². The van der Waals surface area contributed by atoms with E-state index in [2.05, 4.69) is 5.32 Å². The van der Waals surface area contributed by atoms with E-state index in [9.17, 15) is 14.0 Å². The number of hydrogen-bond acceptors (Lipinski definition) is 3. The Bertz CT molecular complexity index is 680. The molecule has 0 saturated carbocycles. The van der Waals surface area contributed by atoms with Crippen LogP contribution in [0.5, 0.6) is 0 Å². The highest BCUT2D eigenvalue weighted by atomic mass is 32.1. The fourth-order valence-corrected chi connectivity index (χ4v) is 2.38. The van der Waals surface area contributed by atoms with Gasteiger partial charge in [-0.25, -0.2) is 9.18 Å². The monoisotopic (exact) mass is 305 g/mol. The maximum absolute atomic E-state index is 13.7. The Morgan fingerprint density at radius 3 is 2.76 bits per heavy atom. The number of carboxylic acid groups (broad SMARTS) is 1. The summed E-state index contributed by atoms with van der Waals surface area (Å²) in [6, 6.07) is 7.81. The van der Waals surface area contributed by atoms with Gasteiger partial charge in [-0.15, -0.1) is 11.3 Å². The first-order valence-electron chi connectivity index (χ1n) is 6.07. The molecule has 21 heavy (non-hydrogen) atoms. The van der Waals surface area contributed by atoms with Gasteiger partial charge in [0.25, 0.3) is 0 Å². The van der Waals surface area contributed by atoms with Crippen LogP contribution in [0.3, 0.4) is 0 Å². The Balaban J connectivity index is 2.03. The zero-order valence-electron chi connectivity index (χ0n) is 10.9. The Morgan fingerprint density at radius 1 is 1.33 bits per heavy atom. The maximum atomic E-state index is 13.7. The summed E-state index contributed by atoms with van der Waals surface area (Å²) in [5.74, 6) is -1.98. The summed E-state index contributed by atoms with van der Waals surface area (Å²) in [7, 11) is 0. The fraction of sp³-hybridized carbons (Fsp3) is 0.0667. The minimum Gasteiger partial charge on any atom is -0.478 e. The van der Waals surface area contributed by atoms with Gasteiger partial charge in [-0.1, -0.05) is 6.07 Å². The van der Waals surface area contributed by atoms with Crippen LogP contribution in [0.2, 0.25) is 0 Å². The van der Waals surface area contributed by atoms with Crippen LogP contribution in [-0.4, -0.2) is 17.0 Å². The molecule has 0 fully saturated rings. The molecule has 4 nitrogen and oxygen atoms in total. The van der Waals surface area contributed by atoms with Crippen LogP contribution in [0.25, 0.3) is 6.08 Å². The Labute approximate surface area is 124 Å². The molecule has 0 spiro atoms. The van der Waals surface area contributed by atoms with Gasteiger partial charge in [0, 0.05) is 22.2 Å². The van der Waals surface area contributed by atoms with Gasteiger partial charge in [-0.3, -0.25) is 4.79 Å². The van der Waals surface area contributed by atoms with Gasteiger partial charge < -0.3 is 10.4 Å². The Kier molecular flexibility index (Phi) is 4.84. The third-order valence-electron chi connectivity index (χ3n) is 2.60. The van der Waals surface area contributed by atoms with E-state index in [0.717, 1.165) is 23.1 Å². The van der Waals surface area contributed by atoms with Crippen molar-refractivity contribution in [1.82, 2.24) is 0 Å². The van der Waals surface area contributed by atoms with Crippen LogP contribution in [0.4, 0.5) is 10.1 Å². The molecule has 2 N–H and O–H groups in total. The SMILES string of the molecule is O=C(O)C=Cc1ccc(NC(=O)Cc2cccs2)cc1F. The molecule has 1 heterocycles. The minimum atomic E-state index is -1.15. The average molecular weight is 305 g/mol. The normalized spacial score (nSPS) is 10.7. The second-order valence-corrected chi connectivity index (χ2v) is 5.24. The third kappa shape index (κ3) is 4.54. The van der Waals surface area contributed by atoms with Crippen LogP contribution < -0.4 is 5.32 Å². The van der Waals surface area contributed by atoms with Crippen molar-refractivity contribution in [2.24, 2.45) is 0 Å². The molecule has 0 aliphatic rings. The summed E-state index contributed by atoms with van der Waals surface area (Å²) < 4.78 is 13.7. The lowest BCUT2D eigenvalue weighted by Gasteiger charge is -2.05. The summed E-state index contributed by atoms with van der Waals surface area (Å²) in [4.78, 5) is 23.1. The van der Waals surface area contributed by atoms with Crippen molar-refractivity contribution in [3.8, 4) is 0 Å². The predicted molar refractivity (Wildman–Crippen MR) is 79.7 cm³/mol. The highest BCUT2D eigenvalue weighted by Gasteiger charge is 2.07. The van der Waals surface area contributed by atoms with Gasteiger partial charge in [-0.2, -0.15) is 0 Å². The highest BCUT2D eigenvalue weighted by Crippen LogP contribution is 2.17. The molecule has 0 aliphatic heterocycles. The van der Waals surface area contributed by atoms with Gasteiger partial charge >= 0.3 is 5.97 Å². The lowest BCUT2D eigenvalue weighted by atomic mass is 10.1. The largest absolute Gasteiger partial charge is 0.478 e. The van der Waals surface area contributed by atoms with E-state index in [4.69, 9.17) is 5.11 Å². The maximum Gasteiger partial charge on any atom is 0.328 e. The molecule has 1 aromatic carbocycles. The lowest BCUT2D eigenvalue weighted by Crippen LogP contribution is -2.13. The first-order valence-corrected chi connectivity index (χ1v) is 6.95. The van der Waals surface area contributed by atoms with Crippen LogP contribution >= 0.6 is 11.3 Å². The van der Waals surface area contributed by atoms with E-state index in [1.165, 1.54) is 23.5 Å². The van der Waals surface area contributed by atoms with Crippen molar-refractivity contribution in [3.63, 3.8) is 0 Å². The molecule has 2 rings (SSSR count). The van der Waals surface area contributed by atoms with Crippen molar-refractivity contribution in [2.75, 3.05) is 5.32 Å². The van der Waals surface area contributed by atoms with Crippen molar-refractivity contribution in [1.29, 1.82) is 0 Å². The molecule has 0 aliphatic carbocycles. The number of anilines is 1. The quantitative estimate of drug-likeness (QED) is 0.834. The molecule has 1 amide bonds. The third-order valence-corrected chi connectivity index (χ3v) is 3.48. The second-order valence-electron chi connectivity index (χ2n) is 4.21. The number of carboxylic acids is 1. The van der Waals surface area contributed by atoms with E-state index in [-0.39, 0.29) is 17.9 Å². The van der Waals surface area contributed by atoms with E-state index < -0.39 is 11.8 Å². The molecule has 0 saturated heterocycles. The summed E-state index contributed by atoms with van der Waals surface area (Å²) in [5, 5.41) is 13.0. The number of benzene rings is 1. The van der Waals surface area contributed by atoms with Gasteiger partial charge in [0.1, 0.15) is 5.82 Å². The van der Waals surface area contributed by atoms with E-state index >= 15 is 0 Å². The standard InChI is InChI=1S/C15H12FNO3S/c16-13-8-11(5-3-10(13)4-6-15(19)20)17-14(18)9-12-2-1-7-21-12/h1-8H,9H2,(H,17,18)(H,19,20). The molecule has 0 bridgehead atoms. The van der Waals surface area contributed by atoms with Gasteiger partial charge in [-0.05, 0) is 35.7 Å². The summed E-state index contributed by atoms with van der Waals surface area (Å²) in [5.41, 5.74) is 0.482. The van der Waals surface area contributed by atoms with Gasteiger partial charge in [0.15, 0.2) is 0 Å². The van der Waals surface area contributed by atoms with Gasteiger partial charge in [0.05, 0.1) is 6.42 Å². The second kappa shape index (κ2) is 6.81. The molecule has 0 unspecified atom stereocenters. The molecule has 0 atom stereocenters. The topological polar surface area (TPSA) is 66.4 Å². The number of carbonyl (C=O) groups excluding carboxylic acids is 1. The molecule has 1 aromatic heterocycles. The number of rotatable bonds is 5. The number of thiophene rings is 1. The first-order chi connectivity index (χ1) is 10.0. The lowest BCUT2D eigenvalue weighted by molar-refractivity contribution is -0.131. The zero-order valence-corrected chi connectivity index (χ0v) is 11.7. The van der Waals surface area contributed by atoms with E-state index in [1.54, 1.807) is 0 Å². The Hall–Kier alpha value is -2.47. The van der Waals surface area contributed by atoms with Crippen LogP contribution in [-0.2, 0) is 16.0 Å². The fourth-order valence-electron chi connectivity index (χ4n) is 1.68. The smallest absolute Gasteiger partial charge is 0.328 e. The van der Waals surface area contributed by atoms with E-state index in [0.29, 0.717) is 5.69 Å². The highest BCUT2D eigenvalue weighted by molar-refractivity contribution is 7.10. The van der Waals surface area contributed by atoms with Crippen LogP contribution in [0.1, 0.15) is 10.4 Å². The van der Waals surface area contributed by atoms with E-state index in [1.807, 2.05) is 17.5 Å². The average Bonchev–Trinajstić information content (AvgIpc) is 2.90. The van der Waals surface area contributed by atoms with Crippen LogP contribution in [0, 0.1) is 5.82 Å². The van der Waals surface area contributed by atoms with Crippen molar-refractivity contribution in [3.05, 3.63) is 58.0 Å². The summed E-state index contributed by atoms with van der Waals surface area (Å²) in [6.07, 6.45) is 2.25. The molecular formula is C15H12FNO3S. The van der Waals surface area contributed by atoms with Crippen molar-refractivity contribution in [2.45, 2.75) is 6.42 Å². The Morgan fingerprint density at radius 2 is 2.14 bits per heavy atom. The number of hydrogen-bond donors (Lipinski definition) is 2. The first kappa shape index (κ1) is 14.9. The van der Waals surface area contributed by atoms with Crippen LogP contribution in [0.15, 0.2) is 41.8 Å².